The molecule has 0 spiro atoms. The van der Waals surface area contributed by atoms with Gasteiger partial charge in [-0.15, -0.1) is 0 Å². The van der Waals surface area contributed by atoms with Crippen LogP contribution in [0.25, 0.3) is 0 Å². The van der Waals surface area contributed by atoms with Crippen LogP contribution in [0.3, 0.4) is 0 Å². The van der Waals surface area contributed by atoms with E-state index in [1.54, 1.807) is 24.4 Å². The third-order valence-electron chi connectivity index (χ3n) is 2.64. The van der Waals surface area contributed by atoms with Crippen molar-refractivity contribution in [1.82, 2.24) is 4.98 Å². The molecule has 1 atom stereocenters. The first-order valence-electron chi connectivity index (χ1n) is 5.35. The molecule has 1 aromatic rings. The zero-order chi connectivity index (χ0) is 13.2. The van der Waals surface area contributed by atoms with Crippen LogP contribution >= 0.6 is 24.0 Å². The summed E-state index contributed by atoms with van der Waals surface area (Å²) < 4.78 is 0.515. The minimum absolute atomic E-state index is 0.108. The summed E-state index contributed by atoms with van der Waals surface area (Å²) in [6.45, 7) is 0. The second-order valence-electron chi connectivity index (χ2n) is 3.95. The maximum atomic E-state index is 10.6. The Kier molecular flexibility index (Phi) is 3.84. The predicted molar refractivity (Wildman–Crippen MR) is 73.6 cm³/mol. The summed E-state index contributed by atoms with van der Waals surface area (Å²) in [6.07, 6.45) is 1.62. The molecule has 2 heterocycles. The van der Waals surface area contributed by atoms with Gasteiger partial charge in [0.25, 0.3) is 0 Å². The number of hydrogen-bond donors (Lipinski definition) is 2. The molecule has 2 N–H and O–H groups in total. The Morgan fingerprint density at radius 2 is 2.39 bits per heavy atom. The third kappa shape index (κ3) is 2.63. The maximum Gasteiger partial charge on any atom is 0.303 e. The molecule has 1 saturated heterocycles. The quantitative estimate of drug-likeness (QED) is 0.811. The van der Waals surface area contributed by atoms with E-state index in [1.165, 1.54) is 16.7 Å². The summed E-state index contributed by atoms with van der Waals surface area (Å²) in [4.78, 5) is 16.3. The fourth-order valence-electron chi connectivity index (χ4n) is 1.76. The molecular formula is C11H12N2O3S2. The summed E-state index contributed by atoms with van der Waals surface area (Å²) in [5.74, 6) is -0.0389. The second kappa shape index (κ2) is 5.21. The monoisotopic (exact) mass is 284 g/mol. The van der Waals surface area contributed by atoms with Crippen LogP contribution in [0.15, 0.2) is 24.4 Å². The molecule has 7 heteroatoms. The smallest absolute Gasteiger partial charge is 0.303 e. The summed E-state index contributed by atoms with van der Waals surface area (Å²) in [6, 6.07) is 5.31. The number of aromatic nitrogens is 1. The molecule has 0 saturated carbocycles. The van der Waals surface area contributed by atoms with Gasteiger partial charge in [0.1, 0.15) is 10.1 Å². The minimum atomic E-state index is -1.27. The highest BCUT2D eigenvalue weighted by Gasteiger charge is 2.44. The van der Waals surface area contributed by atoms with Crippen LogP contribution in [0.4, 0.5) is 5.82 Å². The van der Waals surface area contributed by atoms with Gasteiger partial charge in [0.05, 0.1) is 0 Å². The average molecular weight is 284 g/mol. The fourth-order valence-corrected chi connectivity index (χ4v) is 3.22. The minimum Gasteiger partial charge on any atom is -0.481 e. The lowest BCUT2D eigenvalue weighted by atomic mass is 10.1. The highest BCUT2D eigenvalue weighted by molar-refractivity contribution is 8.23. The standard InChI is InChI=1S/C11H12N2O3S2/c14-9(15)4-5-11(16)7-18-10(17)13(11)8-3-1-2-6-12-8/h1-3,6,16H,4-5,7H2,(H,14,15). The van der Waals surface area contributed by atoms with Gasteiger partial charge in [-0.2, -0.15) is 0 Å². The van der Waals surface area contributed by atoms with Crippen LogP contribution in [0.1, 0.15) is 12.8 Å². The number of aliphatic hydroxyl groups is 1. The van der Waals surface area contributed by atoms with Gasteiger partial charge in [-0.1, -0.05) is 30.0 Å². The van der Waals surface area contributed by atoms with Crippen LogP contribution in [-0.2, 0) is 4.79 Å². The molecule has 1 unspecified atom stereocenters. The Balaban J connectivity index is 2.24. The predicted octanol–water partition coefficient (Wildman–Crippen LogP) is 1.47. The van der Waals surface area contributed by atoms with Gasteiger partial charge in [-0.05, 0) is 12.1 Å². The molecule has 1 fully saturated rings. The summed E-state index contributed by atoms with van der Waals surface area (Å²) >= 11 is 6.53. The number of thiocarbonyl (C=S) groups is 1. The Labute approximate surface area is 114 Å². The Morgan fingerprint density at radius 1 is 1.61 bits per heavy atom. The van der Waals surface area contributed by atoms with Gasteiger partial charge in [-0.3, -0.25) is 9.69 Å². The highest BCUT2D eigenvalue weighted by Crippen LogP contribution is 2.37. The van der Waals surface area contributed by atoms with Crippen molar-refractivity contribution in [2.75, 3.05) is 10.7 Å². The molecular weight excluding hydrogens is 272 g/mol. The second-order valence-corrected chi connectivity index (χ2v) is 5.56. The van der Waals surface area contributed by atoms with Gasteiger partial charge in [0.2, 0.25) is 0 Å². The first kappa shape index (κ1) is 13.3. The van der Waals surface area contributed by atoms with Crippen molar-refractivity contribution in [3.63, 3.8) is 0 Å². The maximum absolute atomic E-state index is 10.6. The number of thioether (sulfide) groups is 1. The molecule has 1 aromatic heterocycles. The van der Waals surface area contributed by atoms with Crippen LogP contribution in [-0.4, -0.2) is 37.0 Å². The molecule has 0 amide bonds. The molecule has 1 aliphatic heterocycles. The van der Waals surface area contributed by atoms with Crippen molar-refractivity contribution in [3.8, 4) is 0 Å². The normalized spacial score (nSPS) is 23.4. The van der Waals surface area contributed by atoms with Crippen molar-refractivity contribution in [3.05, 3.63) is 24.4 Å². The van der Waals surface area contributed by atoms with Crippen LogP contribution in [0.2, 0.25) is 0 Å². The van der Waals surface area contributed by atoms with E-state index in [9.17, 15) is 9.90 Å². The van der Waals surface area contributed by atoms with Crippen LogP contribution in [0, 0.1) is 0 Å². The van der Waals surface area contributed by atoms with E-state index in [0.717, 1.165) is 0 Å². The number of carboxylic acids is 1. The SMILES string of the molecule is O=C(O)CCC1(O)CSC(=S)N1c1ccccn1. The number of carbonyl (C=O) groups is 1. The van der Waals surface area contributed by atoms with Gasteiger partial charge in [0, 0.05) is 24.8 Å². The van der Waals surface area contributed by atoms with Crippen molar-refractivity contribution in [1.29, 1.82) is 0 Å². The molecule has 1 aliphatic rings. The van der Waals surface area contributed by atoms with E-state index in [1.807, 2.05) is 0 Å². The van der Waals surface area contributed by atoms with Crippen molar-refractivity contribution in [2.24, 2.45) is 0 Å². The average Bonchev–Trinajstić information content (AvgIpc) is 2.65. The molecule has 0 radical (unpaired) electrons. The molecule has 18 heavy (non-hydrogen) atoms. The van der Waals surface area contributed by atoms with E-state index >= 15 is 0 Å². The number of anilines is 1. The largest absolute Gasteiger partial charge is 0.481 e. The lowest BCUT2D eigenvalue weighted by Crippen LogP contribution is -2.48. The zero-order valence-corrected chi connectivity index (χ0v) is 11.1. The van der Waals surface area contributed by atoms with E-state index < -0.39 is 11.7 Å². The third-order valence-corrected chi connectivity index (χ3v) is 4.22. The number of rotatable bonds is 4. The van der Waals surface area contributed by atoms with E-state index in [2.05, 4.69) is 4.98 Å². The van der Waals surface area contributed by atoms with Crippen molar-refractivity contribution >= 4 is 40.1 Å². The number of aliphatic carboxylic acids is 1. The molecule has 0 bridgehead atoms. The summed E-state index contributed by atoms with van der Waals surface area (Å²) in [7, 11) is 0. The van der Waals surface area contributed by atoms with Crippen LogP contribution < -0.4 is 4.90 Å². The molecule has 0 aliphatic carbocycles. The van der Waals surface area contributed by atoms with E-state index in [-0.39, 0.29) is 12.8 Å². The molecule has 0 aromatic carbocycles. The van der Waals surface area contributed by atoms with Gasteiger partial charge < -0.3 is 10.2 Å². The Morgan fingerprint density at radius 3 is 3.00 bits per heavy atom. The lowest BCUT2D eigenvalue weighted by Gasteiger charge is -2.32. The number of nitrogens with zero attached hydrogens (tertiary/aromatic N) is 2. The molecule has 96 valence electrons. The van der Waals surface area contributed by atoms with E-state index in [0.29, 0.717) is 15.9 Å². The topological polar surface area (TPSA) is 73.7 Å². The summed E-state index contributed by atoms with van der Waals surface area (Å²) in [5, 5.41) is 19.3. The van der Waals surface area contributed by atoms with Gasteiger partial charge in [0.15, 0.2) is 5.72 Å². The Hall–Kier alpha value is -1.18. The number of hydrogen-bond acceptors (Lipinski definition) is 5. The van der Waals surface area contributed by atoms with Crippen LogP contribution in [0.5, 0.6) is 0 Å². The fraction of sp³-hybridized carbons (Fsp3) is 0.364. The van der Waals surface area contributed by atoms with Crippen molar-refractivity contribution < 1.29 is 15.0 Å². The number of pyridine rings is 1. The van der Waals surface area contributed by atoms with Gasteiger partial charge in [-0.25, -0.2) is 4.98 Å². The van der Waals surface area contributed by atoms with E-state index in [4.69, 9.17) is 17.3 Å². The molecule has 2 rings (SSSR count). The first-order chi connectivity index (χ1) is 8.53. The number of carboxylic acid groups (broad SMARTS) is 1. The lowest BCUT2D eigenvalue weighted by molar-refractivity contribution is -0.138. The molecule has 5 nitrogen and oxygen atoms in total. The Bertz CT molecular complexity index is 469. The zero-order valence-electron chi connectivity index (χ0n) is 9.44. The first-order valence-corrected chi connectivity index (χ1v) is 6.74. The summed E-state index contributed by atoms with van der Waals surface area (Å²) in [5.41, 5.74) is -1.27. The van der Waals surface area contributed by atoms with Crippen molar-refractivity contribution in [2.45, 2.75) is 18.6 Å². The van der Waals surface area contributed by atoms with Gasteiger partial charge >= 0.3 is 5.97 Å². The highest BCUT2D eigenvalue weighted by atomic mass is 32.2.